The van der Waals surface area contributed by atoms with Gasteiger partial charge in [0.1, 0.15) is 21.4 Å². The van der Waals surface area contributed by atoms with Crippen molar-refractivity contribution in [2.75, 3.05) is 66.6 Å². The van der Waals surface area contributed by atoms with Crippen molar-refractivity contribution in [2.24, 2.45) is 0 Å². The van der Waals surface area contributed by atoms with E-state index in [-0.39, 0.29) is 12.7 Å². The molecule has 3 saturated heterocycles. The van der Waals surface area contributed by atoms with Crippen molar-refractivity contribution in [3.63, 3.8) is 0 Å². The summed E-state index contributed by atoms with van der Waals surface area (Å²) in [6.45, 7) is 4.87. The van der Waals surface area contributed by atoms with Gasteiger partial charge < -0.3 is 25.0 Å². The number of nitrogens with zero attached hydrogens (tertiary/aromatic N) is 5. The fraction of sp³-hybridized carbons (Fsp3) is 0.588. The van der Waals surface area contributed by atoms with Gasteiger partial charge in [-0.1, -0.05) is 31.2 Å². The van der Waals surface area contributed by atoms with Crippen LogP contribution in [0.25, 0.3) is 0 Å². The van der Waals surface area contributed by atoms with E-state index in [1.807, 2.05) is 12.1 Å². The van der Waals surface area contributed by atoms with Gasteiger partial charge in [-0.25, -0.2) is 9.97 Å². The third kappa shape index (κ3) is 8.73. The van der Waals surface area contributed by atoms with Crippen LogP contribution in [0.2, 0.25) is 10.3 Å². The maximum atomic E-state index is 12.6. The highest BCUT2D eigenvalue weighted by Gasteiger charge is 2.31. The molecule has 1 aromatic carbocycles. The molecule has 15 heteroatoms. The molecule has 0 aliphatic carbocycles. The lowest BCUT2D eigenvalue weighted by Crippen LogP contribution is -2.35. The molecule has 0 radical (unpaired) electrons. The van der Waals surface area contributed by atoms with Crippen LogP contribution in [-0.2, 0) is 43.9 Å². The van der Waals surface area contributed by atoms with Gasteiger partial charge >= 0.3 is 0 Å². The van der Waals surface area contributed by atoms with E-state index in [4.69, 9.17) is 42.6 Å². The SMILES string of the molecule is C.O=S1CCc2nc(Cl)nc(NC3CCOCC3)c21.O=S1CCc2nc(N3CCC(c4ccc(Cl)cc4)CC3)nc(NC3CCOCC3)c21. The molecule has 7 heterocycles. The van der Waals surface area contributed by atoms with E-state index in [1.165, 1.54) is 5.56 Å². The lowest BCUT2D eigenvalue weighted by Gasteiger charge is -2.33. The highest BCUT2D eigenvalue weighted by Crippen LogP contribution is 2.35. The number of rotatable bonds is 6. The molecule has 5 aliphatic heterocycles. The Labute approximate surface area is 303 Å². The number of benzene rings is 1. The molecule has 8 rings (SSSR count). The van der Waals surface area contributed by atoms with Crippen molar-refractivity contribution in [3.8, 4) is 0 Å². The molecular formula is C34H45Cl2N7O4S2. The van der Waals surface area contributed by atoms with Crippen molar-refractivity contribution in [1.29, 1.82) is 0 Å². The van der Waals surface area contributed by atoms with Crippen LogP contribution in [0.15, 0.2) is 34.1 Å². The second-order valence-corrected chi connectivity index (χ2v) is 16.5. The molecule has 2 atom stereocenters. The van der Waals surface area contributed by atoms with Crippen molar-refractivity contribution < 1.29 is 17.9 Å². The summed E-state index contributed by atoms with van der Waals surface area (Å²) in [7, 11) is -2.01. The number of anilines is 3. The summed E-state index contributed by atoms with van der Waals surface area (Å²) >= 11 is 11.9. The van der Waals surface area contributed by atoms with Crippen LogP contribution < -0.4 is 15.5 Å². The molecule has 0 saturated carbocycles. The maximum Gasteiger partial charge on any atom is 0.227 e. The van der Waals surface area contributed by atoms with E-state index in [0.29, 0.717) is 41.7 Å². The second kappa shape index (κ2) is 16.7. The zero-order valence-electron chi connectivity index (χ0n) is 26.8. The standard InChI is InChI=1S/C22H27ClN4O2S.C11H14ClN3O2S.CH4/c23-17-3-1-15(2-4-17)16-5-10-27(11-6-16)22-25-19-9-14-30(28)20(19)21(26-22)24-18-7-12-29-13-8-18;12-11-14-8-3-6-18(16)9(8)10(15-11)13-7-1-4-17-5-2-7;/h1-4,16,18H,5-14H2,(H,24,25,26);7H,1-6H2,(H,13,14,15);1H4. The highest BCUT2D eigenvalue weighted by molar-refractivity contribution is 7.85. The quantitative estimate of drug-likeness (QED) is 0.297. The summed E-state index contributed by atoms with van der Waals surface area (Å²) in [5.41, 5.74) is 3.13. The van der Waals surface area contributed by atoms with Crippen LogP contribution in [0.4, 0.5) is 17.6 Å². The average Bonchev–Trinajstić information content (AvgIpc) is 3.68. The lowest BCUT2D eigenvalue weighted by atomic mass is 9.89. The Balaban J connectivity index is 0.000000188. The zero-order valence-corrected chi connectivity index (χ0v) is 29.9. The molecule has 2 N–H and O–H groups in total. The summed E-state index contributed by atoms with van der Waals surface area (Å²) in [4.78, 5) is 21.9. The fourth-order valence-corrected chi connectivity index (χ4v) is 9.85. The normalized spacial score (nSPS) is 22.8. The van der Waals surface area contributed by atoms with Gasteiger partial charge in [0.2, 0.25) is 11.2 Å². The molecular weight excluding hydrogens is 705 g/mol. The minimum absolute atomic E-state index is 0. The monoisotopic (exact) mass is 749 g/mol. The van der Waals surface area contributed by atoms with Gasteiger partial charge in [-0.3, -0.25) is 8.42 Å². The predicted octanol–water partition coefficient (Wildman–Crippen LogP) is 5.79. The topological polar surface area (TPSA) is 131 Å². The zero-order chi connectivity index (χ0) is 33.0. The number of aryl methyl sites for hydroxylation is 2. The van der Waals surface area contributed by atoms with E-state index in [0.717, 1.165) is 122 Å². The minimum atomic E-state index is -1.01. The Morgan fingerprint density at radius 3 is 1.76 bits per heavy atom. The molecule has 49 heavy (non-hydrogen) atoms. The van der Waals surface area contributed by atoms with E-state index >= 15 is 0 Å². The fourth-order valence-electron chi connectivity index (χ4n) is 6.91. The van der Waals surface area contributed by atoms with Crippen LogP contribution in [0.3, 0.4) is 0 Å². The Hall–Kier alpha value is -2.42. The summed E-state index contributed by atoms with van der Waals surface area (Å²) in [5.74, 6) is 4.00. The van der Waals surface area contributed by atoms with Crippen LogP contribution in [-0.4, -0.2) is 91.5 Å². The number of nitrogens with one attached hydrogen (secondary N) is 2. The number of fused-ring (bicyclic) bond motifs is 2. The number of halogens is 2. The van der Waals surface area contributed by atoms with Crippen molar-refractivity contribution in [3.05, 3.63) is 51.5 Å². The molecule has 2 aromatic heterocycles. The number of piperidine rings is 1. The van der Waals surface area contributed by atoms with Gasteiger partial charge in [0.15, 0.2) is 0 Å². The van der Waals surface area contributed by atoms with Crippen LogP contribution in [0, 0.1) is 0 Å². The first-order valence-corrected chi connectivity index (χ1v) is 20.2. The van der Waals surface area contributed by atoms with Gasteiger partial charge in [-0.15, -0.1) is 0 Å². The van der Waals surface area contributed by atoms with Crippen molar-refractivity contribution in [2.45, 2.75) is 86.6 Å². The summed E-state index contributed by atoms with van der Waals surface area (Å²) < 4.78 is 35.3. The largest absolute Gasteiger partial charge is 0.381 e. The smallest absolute Gasteiger partial charge is 0.227 e. The maximum absolute atomic E-state index is 12.6. The third-order valence-electron chi connectivity index (χ3n) is 9.58. The predicted molar refractivity (Wildman–Crippen MR) is 196 cm³/mol. The molecule has 0 amide bonds. The Morgan fingerprint density at radius 2 is 1.20 bits per heavy atom. The number of hydrogen-bond donors (Lipinski definition) is 2. The summed E-state index contributed by atoms with van der Waals surface area (Å²) in [6.07, 6.45) is 7.38. The summed E-state index contributed by atoms with van der Waals surface area (Å²) in [5, 5.41) is 7.92. The summed E-state index contributed by atoms with van der Waals surface area (Å²) in [6, 6.07) is 8.85. The van der Waals surface area contributed by atoms with Crippen LogP contribution >= 0.6 is 23.2 Å². The first kappa shape index (κ1) is 36.4. The van der Waals surface area contributed by atoms with Gasteiger partial charge in [0.25, 0.3) is 0 Å². The number of hydrogen-bond acceptors (Lipinski definition) is 11. The molecule has 3 fully saturated rings. The molecule has 0 spiro atoms. The van der Waals surface area contributed by atoms with E-state index in [2.05, 4.69) is 37.6 Å². The van der Waals surface area contributed by atoms with Crippen LogP contribution in [0.1, 0.15) is 68.8 Å². The third-order valence-corrected chi connectivity index (χ3v) is 12.9. The molecule has 0 bridgehead atoms. The highest BCUT2D eigenvalue weighted by atomic mass is 35.5. The Kier molecular flexibility index (Phi) is 12.4. The van der Waals surface area contributed by atoms with Gasteiger partial charge in [0.05, 0.1) is 33.0 Å². The lowest BCUT2D eigenvalue weighted by molar-refractivity contribution is 0.0902. The van der Waals surface area contributed by atoms with Gasteiger partial charge in [-0.2, -0.15) is 9.97 Å². The molecule has 3 aromatic rings. The van der Waals surface area contributed by atoms with Crippen molar-refractivity contribution >= 4 is 62.4 Å². The van der Waals surface area contributed by atoms with E-state index in [9.17, 15) is 8.42 Å². The van der Waals surface area contributed by atoms with E-state index in [1.54, 1.807) is 0 Å². The molecule has 266 valence electrons. The number of ether oxygens (including phenoxy) is 2. The van der Waals surface area contributed by atoms with Gasteiger partial charge in [-0.05, 0) is 73.7 Å². The molecule has 2 unspecified atom stereocenters. The molecule has 11 nitrogen and oxygen atoms in total. The van der Waals surface area contributed by atoms with Crippen molar-refractivity contribution in [1.82, 2.24) is 19.9 Å². The van der Waals surface area contributed by atoms with Crippen LogP contribution in [0.5, 0.6) is 0 Å². The van der Waals surface area contributed by atoms with Gasteiger partial charge in [0, 0.05) is 81.0 Å². The minimum Gasteiger partial charge on any atom is -0.381 e. The number of aromatic nitrogens is 4. The Morgan fingerprint density at radius 1 is 0.694 bits per heavy atom. The first-order chi connectivity index (χ1) is 23.4. The average molecular weight is 751 g/mol. The molecule has 5 aliphatic rings. The second-order valence-electron chi connectivity index (χ2n) is 12.7. The van der Waals surface area contributed by atoms with E-state index < -0.39 is 21.6 Å². The Bertz CT molecular complexity index is 1650. The first-order valence-electron chi connectivity index (χ1n) is 16.8.